The SMILES string of the molecule is CCc1cc(C(=O)NN=Cc2c(C)nn(C)c2F)cs1. The van der Waals surface area contributed by atoms with Crippen LogP contribution in [0.1, 0.15) is 33.4 Å². The fourth-order valence-electron chi connectivity index (χ4n) is 1.70. The molecule has 2 aromatic rings. The molecule has 0 saturated heterocycles. The van der Waals surface area contributed by atoms with Crippen LogP contribution in [0.3, 0.4) is 0 Å². The van der Waals surface area contributed by atoms with Crippen molar-refractivity contribution >= 4 is 23.5 Å². The Morgan fingerprint density at radius 3 is 2.95 bits per heavy atom. The minimum Gasteiger partial charge on any atom is -0.267 e. The smallest absolute Gasteiger partial charge is 0.267 e. The first-order valence-corrected chi connectivity index (χ1v) is 7.00. The van der Waals surface area contributed by atoms with Crippen LogP contribution in [0, 0.1) is 12.9 Å². The number of aromatic nitrogens is 2. The lowest BCUT2D eigenvalue weighted by Gasteiger charge is -1.95. The number of hydrazone groups is 1. The number of nitrogens with zero attached hydrogens (tertiary/aromatic N) is 3. The molecule has 7 heteroatoms. The molecule has 0 spiro atoms. The van der Waals surface area contributed by atoms with Crippen molar-refractivity contribution in [1.82, 2.24) is 15.2 Å². The van der Waals surface area contributed by atoms with E-state index in [4.69, 9.17) is 0 Å². The van der Waals surface area contributed by atoms with Gasteiger partial charge in [-0.15, -0.1) is 11.3 Å². The topological polar surface area (TPSA) is 59.3 Å². The van der Waals surface area contributed by atoms with Crippen LogP contribution in [0.2, 0.25) is 0 Å². The molecule has 0 atom stereocenters. The van der Waals surface area contributed by atoms with E-state index in [1.54, 1.807) is 12.3 Å². The summed E-state index contributed by atoms with van der Waals surface area (Å²) in [7, 11) is 1.51. The van der Waals surface area contributed by atoms with Crippen LogP contribution in [0.5, 0.6) is 0 Å². The molecule has 1 amide bonds. The van der Waals surface area contributed by atoms with Gasteiger partial charge in [-0.3, -0.25) is 4.79 Å². The largest absolute Gasteiger partial charge is 0.272 e. The van der Waals surface area contributed by atoms with E-state index in [9.17, 15) is 9.18 Å². The average Bonchev–Trinajstić information content (AvgIpc) is 2.99. The molecule has 0 aromatic carbocycles. The molecule has 0 aliphatic heterocycles. The summed E-state index contributed by atoms with van der Waals surface area (Å²) in [6.45, 7) is 3.71. The summed E-state index contributed by atoms with van der Waals surface area (Å²) >= 11 is 1.53. The predicted molar refractivity (Wildman–Crippen MR) is 76.7 cm³/mol. The van der Waals surface area contributed by atoms with Gasteiger partial charge in [0.05, 0.1) is 23.0 Å². The van der Waals surface area contributed by atoms with Gasteiger partial charge in [0, 0.05) is 17.3 Å². The van der Waals surface area contributed by atoms with Gasteiger partial charge in [-0.25, -0.2) is 10.1 Å². The number of carbonyl (C=O) groups is 1. The third-order valence-electron chi connectivity index (χ3n) is 2.82. The fraction of sp³-hybridized carbons (Fsp3) is 0.308. The van der Waals surface area contributed by atoms with E-state index in [0.717, 1.165) is 16.0 Å². The Hall–Kier alpha value is -2.02. The lowest BCUT2D eigenvalue weighted by molar-refractivity contribution is 0.0955. The number of carbonyl (C=O) groups excluding carboxylic acids is 1. The molecule has 1 N–H and O–H groups in total. The van der Waals surface area contributed by atoms with Gasteiger partial charge >= 0.3 is 0 Å². The van der Waals surface area contributed by atoms with Crippen molar-refractivity contribution in [3.63, 3.8) is 0 Å². The molecule has 0 saturated carbocycles. The molecule has 0 bridgehead atoms. The molecule has 106 valence electrons. The Balaban J connectivity index is 2.04. The molecule has 2 heterocycles. The van der Waals surface area contributed by atoms with Crippen LogP contribution in [0.15, 0.2) is 16.5 Å². The first-order valence-electron chi connectivity index (χ1n) is 6.12. The zero-order valence-corrected chi connectivity index (χ0v) is 12.3. The Kier molecular flexibility index (Phi) is 4.29. The van der Waals surface area contributed by atoms with Crippen LogP contribution >= 0.6 is 11.3 Å². The Morgan fingerprint density at radius 1 is 1.65 bits per heavy atom. The van der Waals surface area contributed by atoms with E-state index in [-0.39, 0.29) is 11.5 Å². The number of hydrogen-bond donors (Lipinski definition) is 1. The summed E-state index contributed by atoms with van der Waals surface area (Å²) in [6, 6.07) is 1.82. The van der Waals surface area contributed by atoms with Crippen molar-refractivity contribution in [3.05, 3.63) is 39.1 Å². The second-order valence-corrected chi connectivity index (χ2v) is 5.26. The van der Waals surface area contributed by atoms with Gasteiger partial charge in [0.15, 0.2) is 0 Å². The summed E-state index contributed by atoms with van der Waals surface area (Å²) in [6.07, 6.45) is 2.16. The average molecular weight is 294 g/mol. The van der Waals surface area contributed by atoms with E-state index < -0.39 is 5.95 Å². The van der Waals surface area contributed by atoms with Crippen LogP contribution < -0.4 is 5.43 Å². The molecule has 0 radical (unpaired) electrons. The van der Waals surface area contributed by atoms with Crippen LogP contribution in [-0.2, 0) is 13.5 Å². The molecule has 0 fully saturated rings. The molecule has 5 nitrogen and oxygen atoms in total. The van der Waals surface area contributed by atoms with Gasteiger partial charge in [0.2, 0.25) is 5.95 Å². The molecule has 0 unspecified atom stereocenters. The molecule has 2 aromatic heterocycles. The van der Waals surface area contributed by atoms with Gasteiger partial charge in [0.1, 0.15) is 0 Å². The van der Waals surface area contributed by atoms with Gasteiger partial charge in [-0.2, -0.15) is 14.6 Å². The molecule has 2 rings (SSSR count). The van der Waals surface area contributed by atoms with E-state index in [1.165, 1.54) is 24.6 Å². The van der Waals surface area contributed by atoms with Gasteiger partial charge in [0.25, 0.3) is 5.91 Å². The van der Waals surface area contributed by atoms with E-state index >= 15 is 0 Å². The third-order valence-corrected chi connectivity index (χ3v) is 3.90. The zero-order valence-electron chi connectivity index (χ0n) is 11.5. The highest BCUT2D eigenvalue weighted by Crippen LogP contribution is 2.15. The van der Waals surface area contributed by atoms with Crippen LogP contribution in [-0.4, -0.2) is 21.9 Å². The van der Waals surface area contributed by atoms with Crippen molar-refractivity contribution in [1.29, 1.82) is 0 Å². The lowest BCUT2D eigenvalue weighted by atomic mass is 10.3. The third kappa shape index (κ3) is 2.93. The van der Waals surface area contributed by atoms with E-state index in [0.29, 0.717) is 11.3 Å². The summed E-state index contributed by atoms with van der Waals surface area (Å²) < 4.78 is 14.7. The number of amides is 1. The van der Waals surface area contributed by atoms with E-state index in [2.05, 4.69) is 15.6 Å². The summed E-state index contributed by atoms with van der Waals surface area (Å²) in [5.74, 6) is -0.788. The number of rotatable bonds is 4. The number of aryl methyl sites for hydroxylation is 3. The zero-order chi connectivity index (χ0) is 14.7. The highest BCUT2D eigenvalue weighted by atomic mass is 32.1. The Morgan fingerprint density at radius 2 is 2.40 bits per heavy atom. The highest BCUT2D eigenvalue weighted by molar-refractivity contribution is 7.10. The Labute approximate surface area is 120 Å². The predicted octanol–water partition coefficient (Wildman–Crippen LogP) is 2.26. The van der Waals surface area contributed by atoms with Crippen molar-refractivity contribution in [2.75, 3.05) is 0 Å². The normalized spacial score (nSPS) is 11.2. The standard InChI is InChI=1S/C13H15FN4OS/c1-4-10-5-9(7-20-10)13(19)16-15-6-11-8(2)17-18(3)12(11)14/h5-7H,4H2,1-3H3,(H,16,19). The Bertz CT molecular complexity index is 659. The lowest BCUT2D eigenvalue weighted by Crippen LogP contribution is -2.16. The maximum absolute atomic E-state index is 13.6. The second-order valence-electron chi connectivity index (χ2n) is 4.27. The van der Waals surface area contributed by atoms with Crippen LogP contribution in [0.4, 0.5) is 4.39 Å². The van der Waals surface area contributed by atoms with Crippen LogP contribution in [0.25, 0.3) is 0 Å². The van der Waals surface area contributed by atoms with Crippen molar-refractivity contribution < 1.29 is 9.18 Å². The minimum absolute atomic E-state index is 0.271. The monoisotopic (exact) mass is 294 g/mol. The minimum atomic E-state index is -0.482. The molecular formula is C13H15FN4OS. The van der Waals surface area contributed by atoms with Gasteiger partial charge in [-0.1, -0.05) is 6.92 Å². The summed E-state index contributed by atoms with van der Waals surface area (Å²) in [5.41, 5.74) is 3.74. The molecule has 20 heavy (non-hydrogen) atoms. The maximum atomic E-state index is 13.6. The number of hydrogen-bond acceptors (Lipinski definition) is 4. The van der Waals surface area contributed by atoms with E-state index in [1.807, 2.05) is 13.0 Å². The molecule has 0 aliphatic carbocycles. The second kappa shape index (κ2) is 5.96. The maximum Gasteiger partial charge on any atom is 0.272 e. The van der Waals surface area contributed by atoms with Crippen molar-refractivity contribution in [3.8, 4) is 0 Å². The summed E-state index contributed by atoms with van der Waals surface area (Å²) in [5, 5.41) is 9.47. The number of thiophene rings is 1. The fourth-order valence-corrected chi connectivity index (χ4v) is 2.51. The molecular weight excluding hydrogens is 279 g/mol. The van der Waals surface area contributed by atoms with Gasteiger partial charge < -0.3 is 0 Å². The molecule has 0 aliphatic rings. The van der Waals surface area contributed by atoms with Crippen molar-refractivity contribution in [2.45, 2.75) is 20.3 Å². The first-order chi connectivity index (χ1) is 9.52. The quantitative estimate of drug-likeness (QED) is 0.694. The highest BCUT2D eigenvalue weighted by Gasteiger charge is 2.11. The summed E-state index contributed by atoms with van der Waals surface area (Å²) in [4.78, 5) is 12.9. The number of halogens is 1. The van der Waals surface area contributed by atoms with Crippen molar-refractivity contribution in [2.24, 2.45) is 12.1 Å². The first kappa shape index (κ1) is 14.4. The number of nitrogens with one attached hydrogen (secondary N) is 1. The van der Waals surface area contributed by atoms with Gasteiger partial charge in [-0.05, 0) is 19.4 Å².